The second-order valence-electron chi connectivity index (χ2n) is 5.08. The Morgan fingerprint density at radius 1 is 0.941 bits per heavy atom. The molecule has 1 aliphatic rings. The van der Waals surface area contributed by atoms with E-state index in [-0.39, 0.29) is 0 Å². The Morgan fingerprint density at radius 2 is 1.71 bits per heavy atom. The van der Waals surface area contributed by atoms with Gasteiger partial charge in [0.2, 0.25) is 0 Å². The molecule has 0 spiro atoms. The third-order valence-corrected chi connectivity index (χ3v) is 3.92. The van der Waals surface area contributed by atoms with E-state index < -0.39 is 0 Å². The number of aromatic nitrogens is 3. The van der Waals surface area contributed by atoms with Gasteiger partial charge in [-0.25, -0.2) is 0 Å². The molecule has 90 valence electrons. The summed E-state index contributed by atoms with van der Waals surface area (Å²) >= 11 is 0. The van der Waals surface area contributed by atoms with Gasteiger partial charge in [0.1, 0.15) is 11.0 Å². The maximum atomic E-state index is 4.31. The van der Waals surface area contributed by atoms with E-state index in [1.165, 1.54) is 50.5 Å². The summed E-state index contributed by atoms with van der Waals surface area (Å²) in [6.45, 7) is 0. The molecule has 17 heavy (non-hydrogen) atoms. The van der Waals surface area contributed by atoms with Gasteiger partial charge in [-0.1, -0.05) is 44.2 Å². The molecule has 3 nitrogen and oxygen atoms in total. The summed E-state index contributed by atoms with van der Waals surface area (Å²) in [5.41, 5.74) is 3.49. The number of aromatic amines is 1. The molecule has 0 bridgehead atoms. The van der Waals surface area contributed by atoms with Gasteiger partial charge < -0.3 is 0 Å². The number of rotatable bonds is 1. The molecule has 1 N–H and O–H groups in total. The van der Waals surface area contributed by atoms with Crippen LogP contribution >= 0.6 is 0 Å². The number of H-pyrrole nitrogens is 1. The van der Waals surface area contributed by atoms with Crippen LogP contribution in [-0.4, -0.2) is 15.4 Å². The van der Waals surface area contributed by atoms with Crippen molar-refractivity contribution < 1.29 is 0 Å². The molecule has 1 saturated carbocycles. The molecule has 1 aliphatic carbocycles. The maximum absolute atomic E-state index is 4.31. The lowest BCUT2D eigenvalue weighted by atomic mass is 9.85. The highest BCUT2D eigenvalue weighted by atomic mass is 15.3. The lowest BCUT2D eigenvalue weighted by molar-refractivity contribution is 0.457. The Labute approximate surface area is 102 Å². The zero-order valence-corrected chi connectivity index (χ0v) is 10.2. The molecule has 1 aromatic carbocycles. The second kappa shape index (κ2) is 4.86. The van der Waals surface area contributed by atoms with Crippen LogP contribution in [0.4, 0.5) is 0 Å². The SMILES string of the molecule is c1cc(C2CCCCCCC2)c2n[nH]nc2c1. The number of nitrogens with zero attached hydrogens (tertiary/aromatic N) is 2. The van der Waals surface area contributed by atoms with Crippen LogP contribution in [0.15, 0.2) is 18.2 Å². The zero-order chi connectivity index (χ0) is 11.5. The highest BCUT2D eigenvalue weighted by Gasteiger charge is 2.17. The standard InChI is InChI=1S/C14H19N3/c1-2-4-7-11(8-5-3-1)12-9-6-10-13-14(12)16-17-15-13/h6,9-11H,1-5,7-8H2,(H,15,16,17). The Kier molecular flexibility index (Phi) is 3.08. The quantitative estimate of drug-likeness (QED) is 0.808. The van der Waals surface area contributed by atoms with Crippen molar-refractivity contribution in [3.8, 4) is 0 Å². The van der Waals surface area contributed by atoms with Crippen LogP contribution in [0.5, 0.6) is 0 Å². The summed E-state index contributed by atoms with van der Waals surface area (Å²) in [5.74, 6) is 0.684. The third kappa shape index (κ3) is 2.19. The minimum absolute atomic E-state index is 0.684. The summed E-state index contributed by atoms with van der Waals surface area (Å²) in [7, 11) is 0. The van der Waals surface area contributed by atoms with Crippen molar-refractivity contribution in [2.24, 2.45) is 0 Å². The Morgan fingerprint density at radius 3 is 2.53 bits per heavy atom. The van der Waals surface area contributed by atoms with Crippen molar-refractivity contribution in [2.75, 3.05) is 0 Å². The van der Waals surface area contributed by atoms with Crippen LogP contribution in [0, 0.1) is 0 Å². The minimum atomic E-state index is 0.684. The predicted octanol–water partition coefficient (Wildman–Crippen LogP) is 3.79. The molecule has 1 heterocycles. The first kappa shape index (κ1) is 10.8. The highest BCUT2D eigenvalue weighted by Crippen LogP contribution is 2.33. The van der Waals surface area contributed by atoms with Gasteiger partial charge in [-0.2, -0.15) is 15.4 Å². The molecule has 0 aliphatic heterocycles. The summed E-state index contributed by atoms with van der Waals surface area (Å²) < 4.78 is 0. The largest absolute Gasteiger partial charge is 0.197 e. The molecule has 3 heteroatoms. The van der Waals surface area contributed by atoms with Crippen molar-refractivity contribution in [3.63, 3.8) is 0 Å². The van der Waals surface area contributed by atoms with Gasteiger partial charge in [0.15, 0.2) is 0 Å². The van der Waals surface area contributed by atoms with Gasteiger partial charge in [0.05, 0.1) is 0 Å². The molecule has 0 radical (unpaired) electrons. The molecule has 3 rings (SSSR count). The van der Waals surface area contributed by atoms with E-state index >= 15 is 0 Å². The topological polar surface area (TPSA) is 41.6 Å². The van der Waals surface area contributed by atoms with Gasteiger partial charge in [0.25, 0.3) is 0 Å². The third-order valence-electron chi connectivity index (χ3n) is 3.92. The van der Waals surface area contributed by atoms with Crippen molar-refractivity contribution in [1.82, 2.24) is 15.4 Å². The van der Waals surface area contributed by atoms with Crippen LogP contribution < -0.4 is 0 Å². The Bertz CT molecular complexity index is 481. The van der Waals surface area contributed by atoms with E-state index in [0.29, 0.717) is 5.92 Å². The fourth-order valence-corrected chi connectivity index (χ4v) is 2.99. The fourth-order valence-electron chi connectivity index (χ4n) is 2.99. The molecule has 0 saturated heterocycles. The van der Waals surface area contributed by atoms with Crippen molar-refractivity contribution in [1.29, 1.82) is 0 Å². The summed E-state index contributed by atoms with van der Waals surface area (Å²) in [5, 5.41) is 11.2. The Balaban J connectivity index is 1.92. The average Bonchev–Trinajstić information content (AvgIpc) is 2.76. The maximum Gasteiger partial charge on any atom is 0.116 e. The number of fused-ring (bicyclic) bond motifs is 1. The smallest absolute Gasteiger partial charge is 0.116 e. The van der Waals surface area contributed by atoms with Crippen molar-refractivity contribution in [3.05, 3.63) is 23.8 Å². The number of nitrogens with one attached hydrogen (secondary N) is 1. The zero-order valence-electron chi connectivity index (χ0n) is 10.2. The van der Waals surface area contributed by atoms with Crippen LogP contribution in [0.3, 0.4) is 0 Å². The van der Waals surface area contributed by atoms with Gasteiger partial charge in [-0.05, 0) is 30.4 Å². The first-order chi connectivity index (χ1) is 8.45. The van der Waals surface area contributed by atoms with Gasteiger partial charge in [-0.15, -0.1) is 0 Å². The van der Waals surface area contributed by atoms with E-state index in [0.717, 1.165) is 11.0 Å². The average molecular weight is 229 g/mol. The highest BCUT2D eigenvalue weighted by molar-refractivity contribution is 5.77. The van der Waals surface area contributed by atoms with Gasteiger partial charge in [-0.3, -0.25) is 0 Å². The van der Waals surface area contributed by atoms with Crippen LogP contribution in [0.1, 0.15) is 56.4 Å². The number of hydrogen-bond acceptors (Lipinski definition) is 2. The molecule has 0 amide bonds. The van der Waals surface area contributed by atoms with E-state index in [4.69, 9.17) is 0 Å². The monoisotopic (exact) mass is 229 g/mol. The molecule has 1 fully saturated rings. The predicted molar refractivity (Wildman–Crippen MR) is 68.9 cm³/mol. The summed E-state index contributed by atoms with van der Waals surface area (Å²) in [6.07, 6.45) is 9.55. The number of hydrogen-bond donors (Lipinski definition) is 1. The van der Waals surface area contributed by atoms with Crippen LogP contribution in [0.2, 0.25) is 0 Å². The van der Waals surface area contributed by atoms with Gasteiger partial charge >= 0.3 is 0 Å². The molecule has 0 unspecified atom stereocenters. The Hall–Kier alpha value is -1.38. The first-order valence-corrected chi connectivity index (χ1v) is 6.74. The van der Waals surface area contributed by atoms with Crippen molar-refractivity contribution >= 4 is 11.0 Å². The molecule has 1 aromatic heterocycles. The summed E-state index contributed by atoms with van der Waals surface area (Å²) in [4.78, 5) is 0. The first-order valence-electron chi connectivity index (χ1n) is 6.74. The fraction of sp³-hybridized carbons (Fsp3) is 0.571. The lowest BCUT2D eigenvalue weighted by Crippen LogP contribution is -2.03. The molecular formula is C14H19N3. The number of para-hydroxylation sites is 1. The normalized spacial score (nSPS) is 19.1. The second-order valence-corrected chi connectivity index (χ2v) is 5.08. The van der Waals surface area contributed by atoms with E-state index in [9.17, 15) is 0 Å². The van der Waals surface area contributed by atoms with E-state index in [2.05, 4.69) is 27.5 Å². The minimum Gasteiger partial charge on any atom is -0.197 e. The molecule has 2 aromatic rings. The molecule has 0 atom stereocenters. The van der Waals surface area contributed by atoms with Gasteiger partial charge in [0, 0.05) is 0 Å². The number of benzene rings is 1. The van der Waals surface area contributed by atoms with E-state index in [1.54, 1.807) is 0 Å². The van der Waals surface area contributed by atoms with Crippen LogP contribution in [0.25, 0.3) is 11.0 Å². The van der Waals surface area contributed by atoms with Crippen molar-refractivity contribution in [2.45, 2.75) is 50.9 Å². The lowest BCUT2D eigenvalue weighted by Gasteiger charge is -2.20. The molecular weight excluding hydrogens is 210 g/mol. The van der Waals surface area contributed by atoms with Crippen LogP contribution in [-0.2, 0) is 0 Å². The summed E-state index contributed by atoms with van der Waals surface area (Å²) in [6, 6.07) is 6.38. The van der Waals surface area contributed by atoms with E-state index in [1.807, 2.05) is 6.07 Å².